The third-order valence-corrected chi connectivity index (χ3v) is 8.26. The molecule has 12 heteroatoms. The normalized spacial score (nSPS) is 14.0. The summed E-state index contributed by atoms with van der Waals surface area (Å²) >= 11 is 0. The van der Waals surface area contributed by atoms with Gasteiger partial charge < -0.3 is 14.2 Å². The first kappa shape index (κ1) is 28.0. The summed E-state index contributed by atoms with van der Waals surface area (Å²) in [5, 5.41) is 13.7. The van der Waals surface area contributed by atoms with Gasteiger partial charge in [-0.3, -0.25) is 9.78 Å². The first-order valence-electron chi connectivity index (χ1n) is 13.3. The standard InChI is InChI=1S/C29H31N7O4S/c1-6-40-28-13-27(32-15-22(28)14-30)19(3)35-9-7-23-24(26-17-36(33-18(26)2)41(5,38)39)11-21(12-25(23)29(35)37)16-34-10-8-31-20(34)4/h8,10-13,15,17,19H,6-7,9,16H2,1-5H3. The van der Waals surface area contributed by atoms with Crippen molar-refractivity contribution in [2.45, 2.75) is 46.7 Å². The van der Waals surface area contributed by atoms with Crippen molar-refractivity contribution in [1.82, 2.24) is 28.6 Å². The van der Waals surface area contributed by atoms with Gasteiger partial charge in [0.05, 0.1) is 36.5 Å². The van der Waals surface area contributed by atoms with Gasteiger partial charge >= 0.3 is 0 Å². The van der Waals surface area contributed by atoms with Crippen molar-refractivity contribution in [3.05, 3.63) is 82.5 Å². The molecule has 0 N–H and O–H groups in total. The summed E-state index contributed by atoms with van der Waals surface area (Å²) in [4.78, 5) is 24.6. The maximum Gasteiger partial charge on any atom is 0.254 e. The Morgan fingerprint density at radius 3 is 2.54 bits per heavy atom. The van der Waals surface area contributed by atoms with Crippen LogP contribution in [-0.4, -0.2) is 62.4 Å². The van der Waals surface area contributed by atoms with E-state index in [9.17, 15) is 18.5 Å². The third-order valence-electron chi connectivity index (χ3n) is 7.39. The number of nitriles is 1. The highest BCUT2D eigenvalue weighted by Crippen LogP contribution is 2.36. The summed E-state index contributed by atoms with van der Waals surface area (Å²) in [5.74, 6) is 1.13. The summed E-state index contributed by atoms with van der Waals surface area (Å²) in [6.45, 7) is 8.76. The molecule has 4 heterocycles. The van der Waals surface area contributed by atoms with Gasteiger partial charge in [-0.2, -0.15) is 14.4 Å². The number of imidazole rings is 1. The second kappa shape index (κ2) is 10.8. The number of nitrogens with zero attached hydrogens (tertiary/aromatic N) is 7. The molecule has 0 bridgehead atoms. The SMILES string of the molecule is CCOc1cc(C(C)N2CCc3c(cc(Cn4ccnc4C)cc3-c3cn(S(C)(=O)=O)nc3C)C2=O)ncc1C#N. The summed E-state index contributed by atoms with van der Waals surface area (Å²) in [5.41, 5.74) is 5.26. The second-order valence-corrected chi connectivity index (χ2v) is 12.0. The fourth-order valence-corrected chi connectivity index (χ4v) is 5.78. The Labute approximate surface area is 239 Å². The largest absolute Gasteiger partial charge is 0.492 e. The van der Waals surface area contributed by atoms with Gasteiger partial charge in [0, 0.05) is 48.9 Å². The van der Waals surface area contributed by atoms with Crippen molar-refractivity contribution < 1.29 is 17.9 Å². The van der Waals surface area contributed by atoms with Crippen LogP contribution in [0.1, 0.15) is 64.1 Å². The summed E-state index contributed by atoms with van der Waals surface area (Å²) in [6, 6.07) is 7.37. The molecule has 212 valence electrons. The van der Waals surface area contributed by atoms with Crippen LogP contribution in [0.25, 0.3) is 11.1 Å². The van der Waals surface area contributed by atoms with Gasteiger partial charge in [0.25, 0.3) is 15.9 Å². The molecule has 0 spiro atoms. The Bertz CT molecular complexity index is 1800. The molecule has 4 aromatic rings. The van der Waals surface area contributed by atoms with Gasteiger partial charge in [-0.1, -0.05) is 0 Å². The molecule has 0 aliphatic carbocycles. The van der Waals surface area contributed by atoms with Crippen LogP contribution in [-0.2, 0) is 23.0 Å². The van der Waals surface area contributed by atoms with Crippen LogP contribution in [0, 0.1) is 25.2 Å². The van der Waals surface area contributed by atoms with Crippen LogP contribution >= 0.6 is 0 Å². The van der Waals surface area contributed by atoms with Crippen LogP contribution in [0.5, 0.6) is 5.75 Å². The predicted molar refractivity (Wildman–Crippen MR) is 152 cm³/mol. The predicted octanol–water partition coefficient (Wildman–Crippen LogP) is 3.64. The van der Waals surface area contributed by atoms with E-state index < -0.39 is 10.0 Å². The van der Waals surface area contributed by atoms with Crippen molar-refractivity contribution in [2.75, 3.05) is 19.4 Å². The van der Waals surface area contributed by atoms with Gasteiger partial charge in [0.1, 0.15) is 23.2 Å². The minimum absolute atomic E-state index is 0.151. The molecule has 1 atom stereocenters. The molecule has 11 nitrogen and oxygen atoms in total. The Balaban J connectivity index is 1.59. The van der Waals surface area contributed by atoms with E-state index in [1.807, 2.05) is 43.7 Å². The fraction of sp³-hybridized carbons (Fsp3) is 0.345. The number of rotatable bonds is 8. The van der Waals surface area contributed by atoms with E-state index in [1.54, 1.807) is 24.1 Å². The van der Waals surface area contributed by atoms with Crippen molar-refractivity contribution in [1.29, 1.82) is 5.26 Å². The Hall–Kier alpha value is -4.50. The first-order chi connectivity index (χ1) is 19.5. The molecule has 1 unspecified atom stereocenters. The molecular formula is C29H31N7O4S. The molecule has 0 saturated carbocycles. The second-order valence-electron chi connectivity index (χ2n) is 10.1. The van der Waals surface area contributed by atoms with Crippen molar-refractivity contribution in [3.8, 4) is 22.9 Å². The van der Waals surface area contributed by atoms with Gasteiger partial charge in [-0.25, -0.2) is 13.4 Å². The molecule has 1 amide bonds. The molecule has 5 rings (SSSR count). The lowest BCUT2D eigenvalue weighted by atomic mass is 9.87. The van der Waals surface area contributed by atoms with Crippen molar-refractivity contribution in [2.24, 2.45) is 0 Å². The van der Waals surface area contributed by atoms with E-state index in [-0.39, 0.29) is 11.9 Å². The monoisotopic (exact) mass is 573 g/mol. The fourth-order valence-electron chi connectivity index (χ4n) is 5.22. The number of amides is 1. The Morgan fingerprint density at radius 2 is 1.90 bits per heavy atom. The van der Waals surface area contributed by atoms with Crippen LogP contribution in [0.15, 0.2) is 43.0 Å². The number of pyridine rings is 1. The van der Waals surface area contributed by atoms with Crippen LogP contribution in [0.2, 0.25) is 0 Å². The number of hydrogen-bond acceptors (Lipinski definition) is 8. The number of aromatic nitrogens is 5. The number of aryl methyl sites for hydroxylation is 2. The highest BCUT2D eigenvalue weighted by molar-refractivity contribution is 7.89. The van der Waals surface area contributed by atoms with Gasteiger partial charge in [-0.15, -0.1) is 0 Å². The van der Waals surface area contributed by atoms with E-state index in [0.29, 0.717) is 59.9 Å². The summed E-state index contributed by atoms with van der Waals surface area (Å²) < 4.78 is 33.1. The third kappa shape index (κ3) is 5.32. The average Bonchev–Trinajstić information content (AvgIpc) is 3.53. The van der Waals surface area contributed by atoms with Crippen LogP contribution in [0.3, 0.4) is 0 Å². The van der Waals surface area contributed by atoms with E-state index >= 15 is 0 Å². The van der Waals surface area contributed by atoms with Crippen molar-refractivity contribution in [3.63, 3.8) is 0 Å². The van der Waals surface area contributed by atoms with Gasteiger partial charge in [0.15, 0.2) is 0 Å². The van der Waals surface area contributed by atoms with Gasteiger partial charge in [0.2, 0.25) is 0 Å². The smallest absolute Gasteiger partial charge is 0.254 e. The number of carbonyl (C=O) groups is 1. The molecule has 0 saturated heterocycles. The molecule has 3 aromatic heterocycles. The minimum atomic E-state index is -3.58. The lowest BCUT2D eigenvalue weighted by Crippen LogP contribution is -2.40. The molecule has 1 aliphatic rings. The maximum absolute atomic E-state index is 14.1. The highest BCUT2D eigenvalue weighted by Gasteiger charge is 2.32. The number of ether oxygens (including phenoxy) is 1. The highest BCUT2D eigenvalue weighted by atomic mass is 32.2. The number of carbonyl (C=O) groups excluding carboxylic acids is 1. The van der Waals surface area contributed by atoms with Crippen LogP contribution in [0.4, 0.5) is 0 Å². The first-order valence-corrected chi connectivity index (χ1v) is 15.1. The van der Waals surface area contributed by atoms with E-state index in [4.69, 9.17) is 4.74 Å². The number of hydrogen-bond donors (Lipinski definition) is 0. The topological polar surface area (TPSA) is 136 Å². The van der Waals surface area contributed by atoms with E-state index in [1.165, 1.54) is 12.4 Å². The summed E-state index contributed by atoms with van der Waals surface area (Å²) in [6.07, 6.45) is 8.26. The molecular weight excluding hydrogens is 542 g/mol. The zero-order valence-electron chi connectivity index (χ0n) is 23.6. The molecule has 0 radical (unpaired) electrons. The zero-order valence-corrected chi connectivity index (χ0v) is 24.4. The zero-order chi connectivity index (χ0) is 29.5. The molecule has 41 heavy (non-hydrogen) atoms. The number of fused-ring (bicyclic) bond motifs is 1. The summed E-state index contributed by atoms with van der Waals surface area (Å²) in [7, 11) is -3.58. The molecule has 1 aromatic carbocycles. The van der Waals surface area contributed by atoms with E-state index in [0.717, 1.165) is 32.9 Å². The lowest BCUT2D eigenvalue weighted by molar-refractivity contribution is 0.0669. The van der Waals surface area contributed by atoms with E-state index in [2.05, 4.69) is 21.1 Å². The van der Waals surface area contributed by atoms with Gasteiger partial charge in [-0.05, 0) is 62.9 Å². The van der Waals surface area contributed by atoms with Crippen molar-refractivity contribution >= 4 is 15.9 Å². The quantitative estimate of drug-likeness (QED) is 0.312. The molecule has 1 aliphatic heterocycles. The average molecular weight is 574 g/mol. The number of benzene rings is 1. The maximum atomic E-state index is 14.1. The Morgan fingerprint density at radius 1 is 1.15 bits per heavy atom. The van der Waals surface area contributed by atoms with Crippen LogP contribution < -0.4 is 4.74 Å². The Kier molecular flexibility index (Phi) is 7.40. The molecule has 0 fully saturated rings. The minimum Gasteiger partial charge on any atom is -0.492 e. The lowest BCUT2D eigenvalue weighted by Gasteiger charge is -2.34.